The minimum atomic E-state index is 0. The van der Waals surface area contributed by atoms with Crippen molar-refractivity contribution in [3.63, 3.8) is 0 Å². The molecule has 143 valence electrons. The number of aromatic nitrogens is 3. The van der Waals surface area contributed by atoms with Crippen LogP contribution in [0.5, 0.6) is 0 Å². The summed E-state index contributed by atoms with van der Waals surface area (Å²) in [6, 6.07) is 32.1. The predicted octanol–water partition coefficient (Wildman–Crippen LogP) is 5.09. The molecule has 0 atom stereocenters. The van der Waals surface area contributed by atoms with Crippen LogP contribution in [-0.4, -0.2) is 9.55 Å². The van der Waals surface area contributed by atoms with Crippen molar-refractivity contribution in [2.24, 2.45) is 7.05 Å². The van der Waals surface area contributed by atoms with Gasteiger partial charge < -0.3 is 0 Å². The Morgan fingerprint density at radius 2 is 1.63 bits per heavy atom. The third-order valence-electron chi connectivity index (χ3n) is 5.32. The SMILES string of the molecule is Cc1ccc(-c2[c-]cncc2)[c-]c1-c1n(-c2ccccc2)c2ccccc2[n+]1C.[Y]. The number of fused-ring (bicyclic) bond motifs is 1. The first kappa shape index (κ1) is 20.6. The monoisotopic (exact) mass is 463 g/mol. The molecule has 0 saturated heterocycles. The minimum absolute atomic E-state index is 0. The normalized spacial score (nSPS) is 10.7. The van der Waals surface area contributed by atoms with Crippen molar-refractivity contribution in [3.8, 4) is 28.2 Å². The van der Waals surface area contributed by atoms with Crippen molar-refractivity contribution >= 4 is 11.0 Å². The molecule has 4 heteroatoms. The summed E-state index contributed by atoms with van der Waals surface area (Å²) in [4.78, 5) is 4.09. The number of nitrogens with zero attached hydrogens (tertiary/aromatic N) is 3. The first-order chi connectivity index (χ1) is 14.2. The van der Waals surface area contributed by atoms with Crippen molar-refractivity contribution in [1.29, 1.82) is 0 Å². The van der Waals surface area contributed by atoms with Gasteiger partial charge >= 0.3 is 0 Å². The van der Waals surface area contributed by atoms with Crippen molar-refractivity contribution in [2.75, 3.05) is 0 Å². The predicted molar refractivity (Wildman–Crippen MR) is 116 cm³/mol. The number of benzene rings is 3. The summed E-state index contributed by atoms with van der Waals surface area (Å²) in [6.07, 6.45) is 3.49. The van der Waals surface area contributed by atoms with E-state index in [0.717, 1.165) is 28.2 Å². The van der Waals surface area contributed by atoms with Gasteiger partial charge in [0.25, 0.3) is 0 Å². The van der Waals surface area contributed by atoms with Gasteiger partial charge in [-0.1, -0.05) is 37.3 Å². The molecule has 0 spiro atoms. The maximum Gasteiger partial charge on any atom is 0.229 e. The van der Waals surface area contributed by atoms with Crippen molar-refractivity contribution in [1.82, 2.24) is 9.55 Å². The summed E-state index contributed by atoms with van der Waals surface area (Å²) < 4.78 is 4.56. The zero-order valence-electron chi connectivity index (χ0n) is 17.0. The summed E-state index contributed by atoms with van der Waals surface area (Å²) in [6.45, 7) is 2.14. The quantitative estimate of drug-likeness (QED) is 0.270. The summed E-state index contributed by atoms with van der Waals surface area (Å²) in [5, 5.41) is 0. The van der Waals surface area contributed by atoms with Crippen LogP contribution < -0.4 is 4.57 Å². The van der Waals surface area contributed by atoms with Crippen LogP contribution in [0.15, 0.2) is 85.2 Å². The second kappa shape index (κ2) is 8.63. The summed E-state index contributed by atoms with van der Waals surface area (Å²) >= 11 is 0. The molecule has 0 amide bonds. The second-order valence-electron chi connectivity index (χ2n) is 7.12. The molecule has 0 aliphatic carbocycles. The molecule has 5 aromatic rings. The van der Waals surface area contributed by atoms with Gasteiger partial charge in [0, 0.05) is 32.7 Å². The van der Waals surface area contributed by atoms with E-state index in [9.17, 15) is 0 Å². The van der Waals surface area contributed by atoms with Crippen LogP contribution in [0, 0.1) is 19.1 Å². The Kier molecular flexibility index (Phi) is 5.94. The Balaban J connectivity index is 0.00000218. The molecule has 0 saturated carbocycles. The second-order valence-corrected chi connectivity index (χ2v) is 7.12. The number of para-hydroxylation sites is 3. The van der Waals surface area contributed by atoms with E-state index in [0.29, 0.717) is 0 Å². The number of rotatable bonds is 3. The maximum absolute atomic E-state index is 4.09. The molecule has 2 aromatic heterocycles. The third-order valence-corrected chi connectivity index (χ3v) is 5.32. The molecular formula is C26H20N3Y-. The fourth-order valence-electron chi connectivity index (χ4n) is 3.87. The third kappa shape index (κ3) is 3.53. The molecular weight excluding hydrogens is 443 g/mol. The standard InChI is InChI=1S/C26H20N3.Y/c1-19-12-13-21(20-14-16-27-17-15-20)18-23(19)26-28(2)24-10-6-7-11-25(24)29(26)22-8-4-3-5-9-22;/h3-14,16-17H,1-2H3;/q-1;. The largest absolute Gasteiger partial charge is 0.293 e. The van der Waals surface area contributed by atoms with E-state index in [1.165, 1.54) is 16.6 Å². The van der Waals surface area contributed by atoms with E-state index in [4.69, 9.17) is 0 Å². The van der Waals surface area contributed by atoms with Gasteiger partial charge in [0.2, 0.25) is 5.82 Å². The number of imidazole rings is 1. The average molecular weight is 463 g/mol. The van der Waals surface area contributed by atoms with E-state index in [1.807, 2.05) is 12.1 Å². The van der Waals surface area contributed by atoms with Gasteiger partial charge in [-0.15, -0.1) is 11.6 Å². The van der Waals surface area contributed by atoms with Crippen LogP contribution in [0.1, 0.15) is 5.56 Å². The van der Waals surface area contributed by atoms with Crippen LogP contribution in [0.25, 0.3) is 39.2 Å². The van der Waals surface area contributed by atoms with Crippen LogP contribution in [0.3, 0.4) is 0 Å². The van der Waals surface area contributed by atoms with Crippen molar-refractivity contribution in [3.05, 3.63) is 103 Å². The van der Waals surface area contributed by atoms with Crippen LogP contribution in [0.2, 0.25) is 0 Å². The zero-order chi connectivity index (χ0) is 19.8. The molecule has 0 aliphatic heterocycles. The molecule has 3 aromatic carbocycles. The summed E-state index contributed by atoms with van der Waals surface area (Å²) in [5.41, 5.74) is 7.75. The molecule has 0 unspecified atom stereocenters. The van der Waals surface area contributed by atoms with Gasteiger partial charge in [-0.2, -0.15) is 24.3 Å². The first-order valence-electron chi connectivity index (χ1n) is 9.64. The Morgan fingerprint density at radius 3 is 2.40 bits per heavy atom. The van der Waals surface area contributed by atoms with Gasteiger partial charge in [0.1, 0.15) is 5.69 Å². The van der Waals surface area contributed by atoms with E-state index >= 15 is 0 Å². The molecule has 3 nitrogen and oxygen atoms in total. The maximum atomic E-state index is 4.09. The number of pyridine rings is 1. The molecule has 2 heterocycles. The van der Waals surface area contributed by atoms with Gasteiger partial charge in [-0.05, 0) is 42.2 Å². The molecule has 1 radical (unpaired) electrons. The topological polar surface area (TPSA) is 21.7 Å². The van der Waals surface area contributed by atoms with Gasteiger partial charge in [0.05, 0.1) is 7.05 Å². The molecule has 0 N–H and O–H groups in total. The first-order valence-corrected chi connectivity index (χ1v) is 9.64. The summed E-state index contributed by atoms with van der Waals surface area (Å²) in [7, 11) is 2.12. The molecule has 0 aliphatic rings. The molecule has 30 heavy (non-hydrogen) atoms. The van der Waals surface area contributed by atoms with Crippen LogP contribution >= 0.6 is 0 Å². The summed E-state index contributed by atoms with van der Waals surface area (Å²) in [5.74, 6) is 1.10. The smallest absolute Gasteiger partial charge is 0.229 e. The van der Waals surface area contributed by atoms with E-state index < -0.39 is 0 Å². The van der Waals surface area contributed by atoms with E-state index in [2.05, 4.69) is 101 Å². The number of hydrogen-bond donors (Lipinski definition) is 0. The van der Waals surface area contributed by atoms with E-state index in [1.54, 1.807) is 12.4 Å². The molecule has 0 bridgehead atoms. The minimum Gasteiger partial charge on any atom is -0.293 e. The molecule has 5 rings (SSSR count). The van der Waals surface area contributed by atoms with E-state index in [-0.39, 0.29) is 32.7 Å². The van der Waals surface area contributed by atoms with Crippen LogP contribution in [0.4, 0.5) is 0 Å². The fraction of sp³-hybridized carbons (Fsp3) is 0.0769. The van der Waals surface area contributed by atoms with Gasteiger partial charge in [-0.3, -0.25) is 9.55 Å². The van der Waals surface area contributed by atoms with Gasteiger partial charge in [-0.25, -0.2) is 15.7 Å². The van der Waals surface area contributed by atoms with Crippen LogP contribution in [-0.2, 0) is 39.8 Å². The Morgan fingerprint density at radius 1 is 0.867 bits per heavy atom. The Labute approximate surface area is 201 Å². The number of aryl methyl sites for hydroxylation is 2. The fourth-order valence-corrected chi connectivity index (χ4v) is 3.87. The number of hydrogen-bond acceptors (Lipinski definition) is 1. The zero-order valence-corrected chi connectivity index (χ0v) is 19.8. The molecule has 0 fully saturated rings. The Hall–Kier alpha value is -2.62. The van der Waals surface area contributed by atoms with Gasteiger partial charge in [0.15, 0.2) is 11.0 Å². The van der Waals surface area contributed by atoms with Crippen molar-refractivity contribution < 1.29 is 37.3 Å². The average Bonchev–Trinajstić information content (AvgIpc) is 3.08. The van der Waals surface area contributed by atoms with Crippen molar-refractivity contribution in [2.45, 2.75) is 6.92 Å². The Bertz CT molecular complexity index is 1310.